The van der Waals surface area contributed by atoms with Crippen molar-refractivity contribution in [1.29, 1.82) is 0 Å². The fourth-order valence-electron chi connectivity index (χ4n) is 2.95. The normalized spacial score (nSPS) is 17.1. The summed E-state index contributed by atoms with van der Waals surface area (Å²) in [5, 5.41) is 0. The maximum Gasteiger partial charge on any atom is 0.129 e. The predicted molar refractivity (Wildman–Crippen MR) is 83.2 cm³/mol. The number of nitrogens with two attached hydrogens (primary N) is 1. The summed E-state index contributed by atoms with van der Waals surface area (Å²) in [5.74, 6) is 2.29. The minimum Gasteiger partial charge on any atom is -0.497 e. The summed E-state index contributed by atoms with van der Waals surface area (Å²) in [5.41, 5.74) is 8.39. The second-order valence-electron chi connectivity index (χ2n) is 5.37. The van der Waals surface area contributed by atoms with Gasteiger partial charge in [0.05, 0.1) is 14.2 Å². The summed E-state index contributed by atoms with van der Waals surface area (Å²) < 4.78 is 10.7. The molecule has 1 saturated carbocycles. The van der Waals surface area contributed by atoms with Gasteiger partial charge in [-0.25, -0.2) is 0 Å². The van der Waals surface area contributed by atoms with Crippen molar-refractivity contribution in [1.82, 2.24) is 0 Å². The Morgan fingerprint density at radius 1 is 1.20 bits per heavy atom. The van der Waals surface area contributed by atoms with Gasteiger partial charge >= 0.3 is 0 Å². The van der Waals surface area contributed by atoms with E-state index in [1.165, 1.54) is 37.7 Å². The van der Waals surface area contributed by atoms with Gasteiger partial charge in [-0.1, -0.05) is 30.9 Å². The van der Waals surface area contributed by atoms with E-state index in [1.54, 1.807) is 14.2 Å². The molecule has 3 nitrogen and oxygen atoms in total. The van der Waals surface area contributed by atoms with Crippen molar-refractivity contribution >= 4 is 6.08 Å². The molecule has 0 unspecified atom stereocenters. The molecule has 1 aromatic rings. The second kappa shape index (κ2) is 7.34. The number of hydrogen-bond donors (Lipinski definition) is 1. The maximum absolute atomic E-state index is 5.97. The Labute approximate surface area is 121 Å². The molecular formula is C17H25NO2. The van der Waals surface area contributed by atoms with Crippen LogP contribution in [-0.2, 0) is 0 Å². The minimum atomic E-state index is 0.625. The molecule has 1 aliphatic rings. The van der Waals surface area contributed by atoms with Gasteiger partial charge in [-0.2, -0.15) is 0 Å². The van der Waals surface area contributed by atoms with Crippen molar-refractivity contribution < 1.29 is 9.47 Å². The van der Waals surface area contributed by atoms with Gasteiger partial charge in [-0.3, -0.25) is 0 Å². The smallest absolute Gasteiger partial charge is 0.129 e. The molecule has 0 bridgehead atoms. The van der Waals surface area contributed by atoms with Crippen LogP contribution < -0.4 is 15.2 Å². The van der Waals surface area contributed by atoms with E-state index in [9.17, 15) is 0 Å². The molecule has 3 heteroatoms. The highest BCUT2D eigenvalue weighted by molar-refractivity contribution is 5.62. The molecule has 1 aliphatic carbocycles. The van der Waals surface area contributed by atoms with Crippen LogP contribution in [0.2, 0.25) is 0 Å². The van der Waals surface area contributed by atoms with Gasteiger partial charge in [-0.05, 0) is 30.9 Å². The lowest BCUT2D eigenvalue weighted by atomic mass is 9.83. The largest absolute Gasteiger partial charge is 0.497 e. The highest BCUT2D eigenvalue weighted by Crippen LogP contribution is 2.32. The van der Waals surface area contributed by atoms with Crippen LogP contribution in [0.1, 0.15) is 37.7 Å². The summed E-state index contributed by atoms with van der Waals surface area (Å²) >= 11 is 0. The third-order valence-corrected chi connectivity index (χ3v) is 4.15. The van der Waals surface area contributed by atoms with Crippen molar-refractivity contribution in [2.24, 2.45) is 11.7 Å². The number of rotatable bonds is 5. The van der Waals surface area contributed by atoms with Crippen molar-refractivity contribution in [2.45, 2.75) is 32.1 Å². The van der Waals surface area contributed by atoms with E-state index in [-0.39, 0.29) is 0 Å². The number of ether oxygens (including phenoxy) is 2. The van der Waals surface area contributed by atoms with E-state index in [2.05, 4.69) is 6.08 Å². The zero-order valence-electron chi connectivity index (χ0n) is 12.5. The molecule has 2 N–H and O–H groups in total. The monoisotopic (exact) mass is 275 g/mol. The standard InChI is InChI=1S/C17H25NO2/c1-19-16-9-8-14(17(11-16)20-2)10-15(12-18)13-6-4-3-5-7-13/h8-11,13H,3-7,12,18H2,1-2H3/b15-10-. The molecule has 0 amide bonds. The molecular weight excluding hydrogens is 250 g/mol. The molecule has 0 heterocycles. The molecule has 110 valence electrons. The van der Waals surface area contributed by atoms with E-state index in [1.807, 2.05) is 18.2 Å². The average Bonchev–Trinajstić information content (AvgIpc) is 2.53. The second-order valence-corrected chi connectivity index (χ2v) is 5.37. The average molecular weight is 275 g/mol. The molecule has 1 fully saturated rings. The molecule has 0 spiro atoms. The third kappa shape index (κ3) is 3.54. The Kier molecular flexibility index (Phi) is 5.48. The Bertz CT molecular complexity index is 462. The summed E-state index contributed by atoms with van der Waals surface area (Å²) in [6.45, 7) is 0.625. The van der Waals surface area contributed by atoms with E-state index in [0.29, 0.717) is 12.5 Å². The van der Waals surface area contributed by atoms with Crippen LogP contribution in [0.15, 0.2) is 23.8 Å². The fraction of sp³-hybridized carbons (Fsp3) is 0.529. The lowest BCUT2D eigenvalue weighted by Gasteiger charge is -2.24. The zero-order chi connectivity index (χ0) is 14.4. The van der Waals surface area contributed by atoms with Crippen molar-refractivity contribution in [3.63, 3.8) is 0 Å². The summed E-state index contributed by atoms with van der Waals surface area (Å²) in [7, 11) is 3.35. The van der Waals surface area contributed by atoms with Crippen molar-refractivity contribution in [3.05, 3.63) is 29.3 Å². The van der Waals surface area contributed by atoms with E-state index in [0.717, 1.165) is 17.1 Å². The Hall–Kier alpha value is -1.48. The lowest BCUT2D eigenvalue weighted by molar-refractivity contribution is 0.393. The molecule has 1 aromatic carbocycles. The topological polar surface area (TPSA) is 44.5 Å². The van der Waals surface area contributed by atoms with Gasteiger partial charge in [0.2, 0.25) is 0 Å². The van der Waals surface area contributed by atoms with E-state index < -0.39 is 0 Å². The van der Waals surface area contributed by atoms with Gasteiger partial charge < -0.3 is 15.2 Å². The summed E-state index contributed by atoms with van der Waals surface area (Å²) in [4.78, 5) is 0. The number of benzene rings is 1. The van der Waals surface area contributed by atoms with Crippen molar-refractivity contribution in [3.8, 4) is 11.5 Å². The third-order valence-electron chi connectivity index (χ3n) is 4.15. The number of methoxy groups -OCH3 is 2. The van der Waals surface area contributed by atoms with Crippen LogP contribution in [0.3, 0.4) is 0 Å². The first kappa shape index (κ1) is 14.9. The molecule has 0 aliphatic heterocycles. The van der Waals surface area contributed by atoms with Crippen LogP contribution in [0.5, 0.6) is 11.5 Å². The molecule has 2 rings (SSSR count). The quantitative estimate of drug-likeness (QED) is 0.892. The molecule has 0 aromatic heterocycles. The van der Waals surface area contributed by atoms with Crippen LogP contribution in [0.25, 0.3) is 6.08 Å². The number of hydrogen-bond acceptors (Lipinski definition) is 3. The van der Waals surface area contributed by atoms with Crippen LogP contribution in [0, 0.1) is 5.92 Å². The Balaban J connectivity index is 2.26. The molecule has 0 saturated heterocycles. The first-order valence-corrected chi connectivity index (χ1v) is 7.41. The van der Waals surface area contributed by atoms with Gasteiger partial charge in [0.15, 0.2) is 0 Å². The SMILES string of the molecule is COc1ccc(/C=C(/CN)C2CCCCC2)c(OC)c1. The Morgan fingerprint density at radius 3 is 2.55 bits per heavy atom. The summed E-state index contributed by atoms with van der Waals surface area (Å²) in [6.07, 6.45) is 8.74. The Morgan fingerprint density at radius 2 is 1.95 bits per heavy atom. The predicted octanol–water partition coefficient (Wildman–Crippen LogP) is 3.63. The maximum atomic E-state index is 5.97. The van der Waals surface area contributed by atoms with Crippen molar-refractivity contribution in [2.75, 3.05) is 20.8 Å². The van der Waals surface area contributed by atoms with Gasteiger partial charge in [0.1, 0.15) is 11.5 Å². The summed E-state index contributed by atoms with van der Waals surface area (Å²) in [6, 6.07) is 5.92. The fourth-order valence-corrected chi connectivity index (χ4v) is 2.95. The van der Waals surface area contributed by atoms with Crippen LogP contribution in [-0.4, -0.2) is 20.8 Å². The van der Waals surface area contributed by atoms with E-state index in [4.69, 9.17) is 15.2 Å². The van der Waals surface area contributed by atoms with Crippen LogP contribution >= 0.6 is 0 Å². The lowest BCUT2D eigenvalue weighted by Crippen LogP contribution is -2.16. The first-order valence-electron chi connectivity index (χ1n) is 7.41. The molecule has 20 heavy (non-hydrogen) atoms. The highest BCUT2D eigenvalue weighted by atomic mass is 16.5. The highest BCUT2D eigenvalue weighted by Gasteiger charge is 2.17. The van der Waals surface area contributed by atoms with Gasteiger partial charge in [-0.15, -0.1) is 0 Å². The minimum absolute atomic E-state index is 0.625. The molecule has 0 atom stereocenters. The molecule has 0 radical (unpaired) electrons. The van der Waals surface area contributed by atoms with Gasteiger partial charge in [0.25, 0.3) is 0 Å². The zero-order valence-corrected chi connectivity index (χ0v) is 12.5. The first-order chi connectivity index (χ1) is 9.78. The van der Waals surface area contributed by atoms with E-state index >= 15 is 0 Å². The van der Waals surface area contributed by atoms with Crippen LogP contribution in [0.4, 0.5) is 0 Å². The van der Waals surface area contributed by atoms with Gasteiger partial charge in [0, 0.05) is 18.2 Å².